The number of phenolic OH excluding ortho intramolecular Hbond substituents is 1. The molecule has 1 N–H and O–H groups in total. The fourth-order valence-corrected chi connectivity index (χ4v) is 4.07. The van der Waals surface area contributed by atoms with Crippen LogP contribution in [0.3, 0.4) is 0 Å². The lowest BCUT2D eigenvalue weighted by Gasteiger charge is -2.22. The van der Waals surface area contributed by atoms with Crippen molar-refractivity contribution in [2.24, 2.45) is 0 Å². The van der Waals surface area contributed by atoms with Gasteiger partial charge in [-0.2, -0.15) is 0 Å². The molecule has 0 unspecified atom stereocenters. The highest BCUT2D eigenvalue weighted by Gasteiger charge is 2.24. The Morgan fingerprint density at radius 1 is 1.16 bits per heavy atom. The number of hydrogen-bond donors (Lipinski definition) is 1. The van der Waals surface area contributed by atoms with E-state index in [-0.39, 0.29) is 23.2 Å². The second-order valence-electron chi connectivity index (χ2n) is 5.07. The van der Waals surface area contributed by atoms with E-state index in [9.17, 15) is 13.5 Å². The van der Waals surface area contributed by atoms with Gasteiger partial charge in [0.15, 0.2) is 0 Å². The summed E-state index contributed by atoms with van der Waals surface area (Å²) in [6.45, 7) is 0. The molecule has 4 nitrogen and oxygen atoms in total. The van der Waals surface area contributed by atoms with E-state index < -0.39 is 9.84 Å². The molecule has 1 aromatic heterocycles. The largest absolute Gasteiger partial charge is 0.508 e. The number of benzene rings is 1. The van der Waals surface area contributed by atoms with Gasteiger partial charge in [0.2, 0.25) is 0 Å². The lowest BCUT2D eigenvalue weighted by Crippen LogP contribution is -2.22. The van der Waals surface area contributed by atoms with Crippen LogP contribution < -0.4 is 0 Å². The van der Waals surface area contributed by atoms with Crippen LogP contribution in [0.2, 0.25) is 0 Å². The highest BCUT2D eigenvalue weighted by atomic mass is 32.2. The van der Waals surface area contributed by atoms with Gasteiger partial charge >= 0.3 is 0 Å². The number of nitrogens with zero attached hydrogens (tertiary/aromatic N) is 1. The van der Waals surface area contributed by atoms with Crippen molar-refractivity contribution < 1.29 is 13.5 Å². The molecule has 1 saturated heterocycles. The van der Waals surface area contributed by atoms with Crippen molar-refractivity contribution in [2.75, 3.05) is 11.5 Å². The number of aromatic hydroxyl groups is 1. The lowest BCUT2D eigenvalue weighted by atomic mass is 9.94. The van der Waals surface area contributed by atoms with Crippen LogP contribution in [0.15, 0.2) is 30.5 Å². The summed E-state index contributed by atoms with van der Waals surface area (Å²) in [4.78, 5) is 4.37. The standard InChI is InChI=1S/C14H15NO3S/c16-13-1-2-14-11(8-13)7-12(9-15-14)10-3-5-19(17,18)6-4-10/h1-2,7-10,16H,3-6H2. The molecule has 0 spiro atoms. The van der Waals surface area contributed by atoms with Crippen LogP contribution in [0.5, 0.6) is 5.75 Å². The first kappa shape index (κ1) is 12.4. The minimum absolute atomic E-state index is 0.220. The Balaban J connectivity index is 1.93. The first-order valence-corrected chi connectivity index (χ1v) is 8.15. The van der Waals surface area contributed by atoms with Crippen LogP contribution in [0, 0.1) is 0 Å². The zero-order valence-electron chi connectivity index (χ0n) is 10.4. The Bertz CT molecular complexity index is 711. The number of phenols is 1. The molecule has 2 heterocycles. The van der Waals surface area contributed by atoms with E-state index in [1.54, 1.807) is 18.2 Å². The van der Waals surface area contributed by atoms with Gasteiger partial charge < -0.3 is 5.11 Å². The predicted molar refractivity (Wildman–Crippen MR) is 74.0 cm³/mol. The number of hydrogen-bond acceptors (Lipinski definition) is 4. The van der Waals surface area contributed by atoms with Gasteiger partial charge in [-0.05, 0) is 48.6 Å². The van der Waals surface area contributed by atoms with Gasteiger partial charge in [0.25, 0.3) is 0 Å². The first-order valence-electron chi connectivity index (χ1n) is 6.33. The van der Waals surface area contributed by atoms with Crippen molar-refractivity contribution in [1.82, 2.24) is 4.98 Å². The summed E-state index contributed by atoms with van der Waals surface area (Å²) in [6.07, 6.45) is 3.14. The Labute approximate surface area is 112 Å². The van der Waals surface area contributed by atoms with Gasteiger partial charge in [0, 0.05) is 11.6 Å². The molecule has 1 aliphatic rings. The van der Waals surface area contributed by atoms with E-state index >= 15 is 0 Å². The summed E-state index contributed by atoms with van der Waals surface area (Å²) in [7, 11) is -2.83. The number of fused-ring (bicyclic) bond motifs is 1. The van der Waals surface area contributed by atoms with Crippen LogP contribution in [0.4, 0.5) is 0 Å². The van der Waals surface area contributed by atoms with Crippen molar-refractivity contribution in [2.45, 2.75) is 18.8 Å². The molecule has 2 aromatic rings. The normalized spacial score (nSPS) is 19.6. The lowest BCUT2D eigenvalue weighted by molar-refractivity contribution is 0.476. The number of sulfone groups is 1. The van der Waals surface area contributed by atoms with Gasteiger partial charge in [-0.1, -0.05) is 0 Å². The van der Waals surface area contributed by atoms with Gasteiger partial charge in [0.05, 0.1) is 17.0 Å². The molecule has 0 saturated carbocycles. The molecule has 100 valence electrons. The van der Waals surface area contributed by atoms with E-state index in [2.05, 4.69) is 4.98 Å². The summed E-state index contributed by atoms with van der Waals surface area (Å²) < 4.78 is 22.9. The molecule has 0 bridgehead atoms. The summed E-state index contributed by atoms with van der Waals surface area (Å²) in [5.74, 6) is 0.992. The second-order valence-corrected chi connectivity index (χ2v) is 7.38. The third-order valence-corrected chi connectivity index (χ3v) is 5.43. The third kappa shape index (κ3) is 2.56. The van der Waals surface area contributed by atoms with E-state index in [1.165, 1.54) is 0 Å². The van der Waals surface area contributed by atoms with Gasteiger partial charge in [-0.25, -0.2) is 8.42 Å². The highest BCUT2D eigenvalue weighted by molar-refractivity contribution is 7.91. The molecule has 19 heavy (non-hydrogen) atoms. The molecule has 0 aliphatic carbocycles. The quantitative estimate of drug-likeness (QED) is 0.868. The Morgan fingerprint density at radius 3 is 2.63 bits per heavy atom. The summed E-state index contributed by atoms with van der Waals surface area (Å²) in [5.41, 5.74) is 1.90. The van der Waals surface area contributed by atoms with E-state index in [1.807, 2.05) is 12.3 Å². The number of aromatic nitrogens is 1. The predicted octanol–water partition coefficient (Wildman–Crippen LogP) is 2.23. The zero-order chi connectivity index (χ0) is 13.5. The maximum atomic E-state index is 11.4. The van der Waals surface area contributed by atoms with E-state index in [4.69, 9.17) is 0 Å². The molecule has 5 heteroatoms. The Kier molecular flexibility index (Phi) is 2.93. The fourth-order valence-electron chi connectivity index (χ4n) is 2.58. The molecular formula is C14H15NO3S. The van der Waals surface area contributed by atoms with Gasteiger partial charge in [-0.15, -0.1) is 0 Å². The molecule has 0 atom stereocenters. The van der Waals surface area contributed by atoms with Gasteiger partial charge in [-0.3, -0.25) is 4.98 Å². The molecule has 1 aliphatic heterocycles. The third-order valence-electron chi connectivity index (χ3n) is 3.71. The topological polar surface area (TPSA) is 67.3 Å². The SMILES string of the molecule is O=S1(=O)CCC(c2cnc3ccc(O)cc3c2)CC1. The Hall–Kier alpha value is -1.62. The van der Waals surface area contributed by atoms with Crippen LogP contribution in [-0.4, -0.2) is 30.0 Å². The molecule has 0 radical (unpaired) electrons. The fraction of sp³-hybridized carbons (Fsp3) is 0.357. The van der Waals surface area contributed by atoms with Crippen LogP contribution in [0.25, 0.3) is 10.9 Å². The van der Waals surface area contributed by atoms with E-state index in [0.717, 1.165) is 16.5 Å². The monoisotopic (exact) mass is 277 g/mol. The van der Waals surface area contributed by atoms with Crippen molar-refractivity contribution in [3.63, 3.8) is 0 Å². The van der Waals surface area contributed by atoms with Gasteiger partial charge in [0.1, 0.15) is 15.6 Å². The van der Waals surface area contributed by atoms with Crippen molar-refractivity contribution in [3.05, 3.63) is 36.0 Å². The van der Waals surface area contributed by atoms with Crippen LogP contribution in [0.1, 0.15) is 24.3 Å². The summed E-state index contributed by atoms with van der Waals surface area (Å²) in [6, 6.07) is 7.08. The van der Waals surface area contributed by atoms with E-state index in [0.29, 0.717) is 12.8 Å². The molecule has 1 aromatic carbocycles. The van der Waals surface area contributed by atoms with Crippen molar-refractivity contribution in [3.8, 4) is 5.75 Å². The number of pyridine rings is 1. The molecule has 3 rings (SSSR count). The number of rotatable bonds is 1. The van der Waals surface area contributed by atoms with Crippen LogP contribution >= 0.6 is 0 Å². The minimum atomic E-state index is -2.83. The molecule has 0 amide bonds. The molecular weight excluding hydrogens is 262 g/mol. The maximum absolute atomic E-state index is 11.4. The van der Waals surface area contributed by atoms with Crippen LogP contribution in [-0.2, 0) is 9.84 Å². The zero-order valence-corrected chi connectivity index (χ0v) is 11.2. The average Bonchev–Trinajstić information content (AvgIpc) is 2.38. The summed E-state index contributed by atoms with van der Waals surface area (Å²) in [5, 5.41) is 10.4. The average molecular weight is 277 g/mol. The maximum Gasteiger partial charge on any atom is 0.150 e. The Morgan fingerprint density at radius 2 is 1.89 bits per heavy atom. The molecule has 1 fully saturated rings. The highest BCUT2D eigenvalue weighted by Crippen LogP contribution is 2.30. The second kappa shape index (κ2) is 4.49. The van der Waals surface area contributed by atoms with Crippen molar-refractivity contribution in [1.29, 1.82) is 0 Å². The smallest absolute Gasteiger partial charge is 0.150 e. The van der Waals surface area contributed by atoms with Crippen molar-refractivity contribution >= 4 is 20.7 Å². The first-order chi connectivity index (χ1) is 9.03. The minimum Gasteiger partial charge on any atom is -0.508 e. The summed E-state index contributed by atoms with van der Waals surface area (Å²) >= 11 is 0.